The Morgan fingerprint density at radius 1 is 0.712 bits per heavy atom. The average Bonchev–Trinajstić information content (AvgIpc) is 3.53. The van der Waals surface area contributed by atoms with Gasteiger partial charge in [0.2, 0.25) is 23.6 Å². The molecule has 0 aliphatic rings. The van der Waals surface area contributed by atoms with Gasteiger partial charge in [0.05, 0.1) is 0 Å². The number of fused-ring (bicyclic) bond motifs is 1. The van der Waals surface area contributed by atoms with E-state index >= 15 is 0 Å². The number of aliphatic carboxylic acids is 1. The van der Waals surface area contributed by atoms with Crippen LogP contribution in [0.4, 0.5) is 4.79 Å². The van der Waals surface area contributed by atoms with E-state index in [0.29, 0.717) is 5.56 Å². The predicted molar refractivity (Wildman–Crippen MR) is 192 cm³/mol. The Labute approximate surface area is 300 Å². The molecule has 8 N–H and O–H groups in total. The molecular weight excluding hydrogens is 668 g/mol. The van der Waals surface area contributed by atoms with Crippen LogP contribution in [0.3, 0.4) is 0 Å². The van der Waals surface area contributed by atoms with Gasteiger partial charge in [-0.1, -0.05) is 92.7 Å². The van der Waals surface area contributed by atoms with E-state index in [1.54, 1.807) is 68.6 Å². The summed E-state index contributed by atoms with van der Waals surface area (Å²) in [5.74, 6) is -4.83. The molecule has 0 saturated carbocycles. The number of hydrogen-bond acceptors (Lipinski definition) is 7. The van der Waals surface area contributed by atoms with Crippen molar-refractivity contribution in [2.45, 2.75) is 70.3 Å². The number of alkyl carbamates (subject to hydrolysis) is 1. The predicted octanol–water partition coefficient (Wildman–Crippen LogP) is 2.71. The van der Waals surface area contributed by atoms with Gasteiger partial charge in [0, 0.05) is 36.4 Å². The van der Waals surface area contributed by atoms with E-state index in [1.165, 1.54) is 0 Å². The second kappa shape index (κ2) is 18.7. The largest absolute Gasteiger partial charge is 0.480 e. The van der Waals surface area contributed by atoms with Crippen molar-refractivity contribution in [2.24, 2.45) is 11.7 Å². The number of carboxylic acids is 1. The highest BCUT2D eigenvalue weighted by Crippen LogP contribution is 2.19. The number of nitrogens with two attached hydrogens (primary N) is 1. The summed E-state index contributed by atoms with van der Waals surface area (Å²) >= 11 is 0. The maximum atomic E-state index is 13.7. The summed E-state index contributed by atoms with van der Waals surface area (Å²) in [5.41, 5.74) is 8.29. The van der Waals surface area contributed by atoms with E-state index in [0.717, 1.165) is 22.0 Å². The quantitative estimate of drug-likeness (QED) is 0.0811. The minimum atomic E-state index is -1.37. The first-order valence-electron chi connectivity index (χ1n) is 16.9. The van der Waals surface area contributed by atoms with Gasteiger partial charge in [0.15, 0.2) is 0 Å². The van der Waals surface area contributed by atoms with Gasteiger partial charge in [-0.2, -0.15) is 0 Å². The summed E-state index contributed by atoms with van der Waals surface area (Å²) in [4.78, 5) is 80.7. The third kappa shape index (κ3) is 11.4. The van der Waals surface area contributed by atoms with Gasteiger partial charge in [-0.15, -0.1) is 0 Å². The zero-order chi connectivity index (χ0) is 37.6. The molecular formula is C38H44N6O8. The second-order valence-corrected chi connectivity index (χ2v) is 12.7. The Balaban J connectivity index is 1.47. The molecule has 5 amide bonds. The van der Waals surface area contributed by atoms with Crippen LogP contribution in [0, 0.1) is 5.92 Å². The molecule has 0 saturated heterocycles. The van der Waals surface area contributed by atoms with E-state index in [1.807, 2.05) is 36.4 Å². The smallest absolute Gasteiger partial charge is 0.408 e. The first-order chi connectivity index (χ1) is 24.9. The molecule has 0 fully saturated rings. The van der Waals surface area contributed by atoms with Crippen molar-refractivity contribution < 1.29 is 38.6 Å². The third-order valence-electron chi connectivity index (χ3n) is 8.38. The number of hydrogen-bond donors (Lipinski definition) is 7. The average molecular weight is 713 g/mol. The van der Waals surface area contributed by atoms with Crippen molar-refractivity contribution in [1.29, 1.82) is 0 Å². The molecule has 14 nitrogen and oxygen atoms in total. The van der Waals surface area contributed by atoms with Crippen molar-refractivity contribution in [3.05, 3.63) is 108 Å². The number of aromatic nitrogens is 1. The van der Waals surface area contributed by atoms with Crippen molar-refractivity contribution >= 4 is 46.6 Å². The van der Waals surface area contributed by atoms with Crippen LogP contribution in [-0.4, -0.2) is 69.9 Å². The zero-order valence-corrected chi connectivity index (χ0v) is 29.0. The van der Waals surface area contributed by atoms with Crippen LogP contribution in [0.15, 0.2) is 91.1 Å². The number of aromatic amines is 1. The molecule has 14 heteroatoms. The van der Waals surface area contributed by atoms with Crippen LogP contribution < -0.4 is 27.0 Å². The van der Waals surface area contributed by atoms with Gasteiger partial charge in [0.25, 0.3) is 0 Å². The molecule has 1 aromatic heterocycles. The number of H-pyrrole nitrogens is 1. The molecule has 4 unspecified atom stereocenters. The van der Waals surface area contributed by atoms with E-state index in [9.17, 15) is 33.9 Å². The Bertz CT molecular complexity index is 1850. The topological polar surface area (TPSA) is 222 Å². The molecule has 0 aliphatic carbocycles. The number of carbonyl (C=O) groups excluding carboxylic acids is 5. The number of amides is 5. The molecule has 0 radical (unpaired) electrons. The first kappa shape index (κ1) is 38.6. The molecule has 4 aromatic rings. The number of benzene rings is 3. The Hall–Kier alpha value is -6.18. The first-order valence-corrected chi connectivity index (χ1v) is 16.9. The van der Waals surface area contributed by atoms with E-state index in [4.69, 9.17) is 10.5 Å². The van der Waals surface area contributed by atoms with Crippen LogP contribution in [0.5, 0.6) is 0 Å². The summed E-state index contributed by atoms with van der Waals surface area (Å²) in [6, 6.07) is 20.2. The van der Waals surface area contributed by atoms with Gasteiger partial charge in [-0.05, 0) is 35.1 Å². The van der Waals surface area contributed by atoms with Crippen molar-refractivity contribution in [1.82, 2.24) is 26.3 Å². The fourth-order valence-electron chi connectivity index (χ4n) is 5.56. The molecule has 1 heterocycles. The van der Waals surface area contributed by atoms with E-state index in [-0.39, 0.29) is 32.3 Å². The standard InChI is InChI=1S/C38H44N6O8/c1-23(2)33(44-35(47)30(19-24-11-5-3-6-12-24)43-38(51)52-22-25-13-7-4-8-14-25)36(48)41-29(17-18-32(39)45)34(46)42-31(37(49)50)20-26-21-40-28-16-10-9-15-27(26)28/h3-16,21,23,29-31,33,40H,17-20,22H2,1-2H3,(H2,39,45)(H,41,48)(H,42,46)(H,43,51)(H,44,47)(H,49,50). The number of rotatable bonds is 18. The molecule has 0 spiro atoms. The molecule has 0 aliphatic heterocycles. The van der Waals surface area contributed by atoms with Gasteiger partial charge >= 0.3 is 12.1 Å². The minimum Gasteiger partial charge on any atom is -0.480 e. The summed E-state index contributed by atoms with van der Waals surface area (Å²) < 4.78 is 5.34. The molecule has 52 heavy (non-hydrogen) atoms. The highest BCUT2D eigenvalue weighted by atomic mass is 16.5. The molecule has 4 atom stereocenters. The minimum absolute atomic E-state index is 0.0252. The summed E-state index contributed by atoms with van der Waals surface area (Å²) in [7, 11) is 0. The van der Waals surface area contributed by atoms with Crippen molar-refractivity contribution in [3.8, 4) is 0 Å². The number of nitrogens with one attached hydrogen (secondary N) is 5. The van der Waals surface area contributed by atoms with Crippen molar-refractivity contribution in [2.75, 3.05) is 0 Å². The summed E-state index contributed by atoms with van der Waals surface area (Å²) in [5, 5.41) is 21.1. The molecule has 4 rings (SSSR count). The van der Waals surface area contributed by atoms with Crippen LogP contribution >= 0.6 is 0 Å². The fourth-order valence-corrected chi connectivity index (χ4v) is 5.56. The van der Waals surface area contributed by atoms with Crippen LogP contribution in [0.2, 0.25) is 0 Å². The Morgan fingerprint density at radius 3 is 1.94 bits per heavy atom. The van der Waals surface area contributed by atoms with Gasteiger partial charge in [0.1, 0.15) is 30.8 Å². The number of para-hydroxylation sites is 1. The van der Waals surface area contributed by atoms with Crippen LogP contribution in [0.25, 0.3) is 10.9 Å². The van der Waals surface area contributed by atoms with Gasteiger partial charge in [-0.3, -0.25) is 19.2 Å². The van der Waals surface area contributed by atoms with Crippen LogP contribution in [-0.2, 0) is 48.2 Å². The number of carbonyl (C=O) groups is 6. The van der Waals surface area contributed by atoms with Crippen LogP contribution in [0.1, 0.15) is 43.4 Å². The lowest BCUT2D eigenvalue weighted by Crippen LogP contribution is -2.59. The highest BCUT2D eigenvalue weighted by molar-refractivity contribution is 5.95. The lowest BCUT2D eigenvalue weighted by molar-refractivity contribution is -0.142. The second-order valence-electron chi connectivity index (χ2n) is 12.7. The maximum Gasteiger partial charge on any atom is 0.408 e. The van der Waals surface area contributed by atoms with Crippen molar-refractivity contribution in [3.63, 3.8) is 0 Å². The molecule has 0 bridgehead atoms. The van der Waals surface area contributed by atoms with Gasteiger partial charge < -0.3 is 41.8 Å². The molecule has 274 valence electrons. The number of primary amides is 1. The maximum absolute atomic E-state index is 13.7. The Morgan fingerprint density at radius 2 is 1.31 bits per heavy atom. The fraction of sp³-hybridized carbons (Fsp3) is 0.316. The monoisotopic (exact) mass is 712 g/mol. The number of ether oxygens (including phenoxy) is 1. The zero-order valence-electron chi connectivity index (χ0n) is 29.0. The lowest BCUT2D eigenvalue weighted by Gasteiger charge is -2.27. The number of carboxylic acid groups (broad SMARTS) is 1. The van der Waals surface area contributed by atoms with E-state index < -0.39 is 65.8 Å². The molecule has 3 aromatic carbocycles. The summed E-state index contributed by atoms with van der Waals surface area (Å²) in [6.07, 6.45) is 0.334. The van der Waals surface area contributed by atoms with E-state index in [2.05, 4.69) is 26.3 Å². The lowest BCUT2D eigenvalue weighted by atomic mass is 10.00. The summed E-state index contributed by atoms with van der Waals surface area (Å²) in [6.45, 7) is 3.33. The SMILES string of the molecule is CC(C)C(NC(=O)C(Cc1ccccc1)NC(=O)OCc1ccccc1)C(=O)NC(CCC(N)=O)C(=O)NC(Cc1c[nH]c2ccccc12)C(=O)O. The third-order valence-corrected chi connectivity index (χ3v) is 8.38. The normalized spacial score (nSPS) is 13.3. The van der Waals surface area contributed by atoms with Gasteiger partial charge in [-0.25, -0.2) is 9.59 Å². The Kier molecular flexibility index (Phi) is 13.9. The highest BCUT2D eigenvalue weighted by Gasteiger charge is 2.33.